The Balaban J connectivity index is 1.58. The van der Waals surface area contributed by atoms with Crippen LogP contribution >= 0.6 is 11.3 Å². The van der Waals surface area contributed by atoms with Crippen LogP contribution in [0.25, 0.3) is 15.5 Å². The Morgan fingerprint density at radius 3 is 2.69 bits per heavy atom. The third-order valence-electron chi connectivity index (χ3n) is 4.38. The summed E-state index contributed by atoms with van der Waals surface area (Å²) in [6, 6.07) is 12.6. The van der Waals surface area contributed by atoms with Gasteiger partial charge in [-0.15, -0.1) is 10.2 Å². The predicted octanol–water partition coefficient (Wildman–Crippen LogP) is 3.68. The molecule has 2 aromatic carbocycles. The standard InChI is InChI=1S/C20H19N5O3S/c1-4-17-22-23-20-25(17)24-19(29-20)13-6-5-7-14(10-13)21-18(26)12-8-9-15(27-2)16(11-12)28-3/h5-11H,4H2,1-3H3,(H,21,26). The van der Waals surface area contributed by atoms with Crippen LogP contribution < -0.4 is 14.8 Å². The summed E-state index contributed by atoms with van der Waals surface area (Å²) in [5.41, 5.74) is 2.04. The van der Waals surface area contributed by atoms with Crippen molar-refractivity contribution >= 4 is 27.9 Å². The van der Waals surface area contributed by atoms with Crippen LogP contribution in [-0.4, -0.2) is 39.9 Å². The van der Waals surface area contributed by atoms with Crippen LogP contribution in [0, 0.1) is 0 Å². The fourth-order valence-electron chi connectivity index (χ4n) is 2.91. The van der Waals surface area contributed by atoms with Crippen molar-refractivity contribution in [3.8, 4) is 22.1 Å². The Morgan fingerprint density at radius 2 is 1.93 bits per heavy atom. The van der Waals surface area contributed by atoms with Crippen LogP contribution in [0.15, 0.2) is 42.5 Å². The van der Waals surface area contributed by atoms with Crippen LogP contribution in [0.1, 0.15) is 23.1 Å². The number of nitrogens with one attached hydrogen (secondary N) is 1. The number of methoxy groups -OCH3 is 2. The number of hydrogen-bond acceptors (Lipinski definition) is 7. The SMILES string of the molecule is CCc1nnc2sc(-c3cccc(NC(=O)c4ccc(OC)c(OC)c4)c3)nn12. The molecule has 148 valence electrons. The van der Waals surface area contributed by atoms with E-state index in [0.29, 0.717) is 22.7 Å². The number of hydrogen-bond donors (Lipinski definition) is 1. The maximum absolute atomic E-state index is 12.7. The third kappa shape index (κ3) is 3.64. The molecule has 2 aromatic heterocycles. The minimum atomic E-state index is -0.241. The molecule has 4 rings (SSSR count). The maximum Gasteiger partial charge on any atom is 0.255 e. The maximum atomic E-state index is 12.7. The number of aryl methyl sites for hydroxylation is 1. The summed E-state index contributed by atoms with van der Waals surface area (Å²) in [7, 11) is 3.09. The summed E-state index contributed by atoms with van der Waals surface area (Å²) < 4.78 is 12.2. The lowest BCUT2D eigenvalue weighted by Crippen LogP contribution is -2.12. The van der Waals surface area contributed by atoms with Gasteiger partial charge in [0.25, 0.3) is 5.91 Å². The first-order valence-corrected chi connectivity index (χ1v) is 9.79. The Morgan fingerprint density at radius 1 is 1.10 bits per heavy atom. The molecule has 0 bridgehead atoms. The molecule has 0 unspecified atom stereocenters. The largest absolute Gasteiger partial charge is 0.493 e. The molecule has 0 aliphatic carbocycles. The number of nitrogens with zero attached hydrogens (tertiary/aromatic N) is 4. The van der Waals surface area contributed by atoms with Gasteiger partial charge in [-0.25, -0.2) is 0 Å². The fraction of sp³-hybridized carbons (Fsp3) is 0.200. The van der Waals surface area contributed by atoms with E-state index in [9.17, 15) is 4.79 Å². The quantitative estimate of drug-likeness (QED) is 0.522. The Kier molecular flexibility index (Phi) is 5.13. The summed E-state index contributed by atoms with van der Waals surface area (Å²) >= 11 is 1.45. The molecule has 0 saturated carbocycles. The summed E-state index contributed by atoms with van der Waals surface area (Å²) in [5.74, 6) is 1.65. The zero-order valence-corrected chi connectivity index (χ0v) is 17.0. The molecule has 0 spiro atoms. The van der Waals surface area contributed by atoms with Crippen molar-refractivity contribution in [2.24, 2.45) is 0 Å². The molecule has 9 heteroatoms. The first kappa shape index (κ1) is 18.9. The van der Waals surface area contributed by atoms with E-state index in [0.717, 1.165) is 27.8 Å². The van der Waals surface area contributed by atoms with Gasteiger partial charge >= 0.3 is 0 Å². The molecule has 2 heterocycles. The first-order chi connectivity index (χ1) is 14.1. The molecule has 0 atom stereocenters. The highest BCUT2D eigenvalue weighted by Gasteiger charge is 2.14. The third-order valence-corrected chi connectivity index (χ3v) is 5.33. The second kappa shape index (κ2) is 7.88. The van der Waals surface area contributed by atoms with Gasteiger partial charge in [-0.1, -0.05) is 30.4 Å². The average Bonchev–Trinajstić information content (AvgIpc) is 3.34. The number of benzene rings is 2. The van der Waals surface area contributed by atoms with Crippen molar-refractivity contribution in [2.75, 3.05) is 19.5 Å². The van der Waals surface area contributed by atoms with E-state index in [1.165, 1.54) is 18.4 Å². The molecular weight excluding hydrogens is 390 g/mol. The zero-order chi connectivity index (χ0) is 20.4. The second-order valence-electron chi connectivity index (χ2n) is 6.18. The highest BCUT2D eigenvalue weighted by atomic mass is 32.1. The van der Waals surface area contributed by atoms with E-state index in [1.54, 1.807) is 29.8 Å². The lowest BCUT2D eigenvalue weighted by atomic mass is 10.1. The fourth-order valence-corrected chi connectivity index (χ4v) is 3.76. The molecule has 0 radical (unpaired) electrons. The molecule has 29 heavy (non-hydrogen) atoms. The molecule has 8 nitrogen and oxygen atoms in total. The molecule has 0 saturated heterocycles. The number of aromatic nitrogens is 4. The topological polar surface area (TPSA) is 90.6 Å². The van der Waals surface area contributed by atoms with Gasteiger partial charge < -0.3 is 14.8 Å². The van der Waals surface area contributed by atoms with E-state index in [4.69, 9.17) is 9.47 Å². The normalized spacial score (nSPS) is 10.9. The van der Waals surface area contributed by atoms with Gasteiger partial charge in [0.2, 0.25) is 4.96 Å². The van der Waals surface area contributed by atoms with Crippen molar-refractivity contribution in [1.82, 2.24) is 19.8 Å². The van der Waals surface area contributed by atoms with E-state index >= 15 is 0 Å². The van der Waals surface area contributed by atoms with E-state index in [-0.39, 0.29) is 5.91 Å². The summed E-state index contributed by atoms with van der Waals surface area (Å²) in [6.07, 6.45) is 0.756. The van der Waals surface area contributed by atoms with Crippen molar-refractivity contribution in [3.63, 3.8) is 0 Å². The van der Waals surface area contributed by atoms with Gasteiger partial charge in [0.1, 0.15) is 5.01 Å². The average molecular weight is 409 g/mol. The number of anilines is 1. The molecule has 0 fully saturated rings. The van der Waals surface area contributed by atoms with Crippen LogP contribution in [-0.2, 0) is 6.42 Å². The van der Waals surface area contributed by atoms with Crippen LogP contribution in [0.4, 0.5) is 5.69 Å². The second-order valence-corrected chi connectivity index (χ2v) is 7.13. The van der Waals surface area contributed by atoms with Gasteiger partial charge in [0.15, 0.2) is 17.3 Å². The minimum absolute atomic E-state index is 0.241. The number of carbonyl (C=O) groups excluding carboxylic acids is 1. The summed E-state index contributed by atoms with van der Waals surface area (Å²) in [4.78, 5) is 13.4. The van der Waals surface area contributed by atoms with Gasteiger partial charge in [-0.2, -0.15) is 9.61 Å². The van der Waals surface area contributed by atoms with Crippen molar-refractivity contribution in [1.29, 1.82) is 0 Å². The number of fused-ring (bicyclic) bond motifs is 1. The van der Waals surface area contributed by atoms with Gasteiger partial charge in [0.05, 0.1) is 14.2 Å². The van der Waals surface area contributed by atoms with E-state index < -0.39 is 0 Å². The highest BCUT2D eigenvalue weighted by molar-refractivity contribution is 7.19. The monoisotopic (exact) mass is 409 g/mol. The smallest absolute Gasteiger partial charge is 0.255 e. The molecule has 0 aliphatic rings. The van der Waals surface area contributed by atoms with Gasteiger partial charge in [-0.05, 0) is 30.3 Å². The van der Waals surface area contributed by atoms with Crippen LogP contribution in [0.5, 0.6) is 11.5 Å². The predicted molar refractivity (Wildman–Crippen MR) is 111 cm³/mol. The molecular formula is C20H19N5O3S. The Labute approximate surface area is 171 Å². The van der Waals surface area contributed by atoms with Crippen LogP contribution in [0.3, 0.4) is 0 Å². The van der Waals surface area contributed by atoms with Crippen LogP contribution in [0.2, 0.25) is 0 Å². The summed E-state index contributed by atoms with van der Waals surface area (Å²) in [6.45, 7) is 2.01. The van der Waals surface area contributed by atoms with Crippen molar-refractivity contribution in [2.45, 2.75) is 13.3 Å². The van der Waals surface area contributed by atoms with Gasteiger partial charge in [0, 0.05) is 23.2 Å². The first-order valence-electron chi connectivity index (χ1n) is 8.98. The molecule has 4 aromatic rings. The zero-order valence-electron chi connectivity index (χ0n) is 16.2. The van der Waals surface area contributed by atoms with Crippen molar-refractivity contribution in [3.05, 3.63) is 53.9 Å². The lowest BCUT2D eigenvalue weighted by Gasteiger charge is -2.10. The summed E-state index contributed by atoms with van der Waals surface area (Å²) in [5, 5.41) is 16.6. The number of amides is 1. The van der Waals surface area contributed by atoms with Crippen molar-refractivity contribution < 1.29 is 14.3 Å². The minimum Gasteiger partial charge on any atom is -0.493 e. The number of carbonyl (C=O) groups is 1. The number of ether oxygens (including phenoxy) is 2. The Bertz CT molecular complexity index is 1180. The molecule has 1 N–H and O–H groups in total. The lowest BCUT2D eigenvalue weighted by molar-refractivity contribution is 0.102. The number of rotatable bonds is 6. The Hall–Kier alpha value is -3.46. The highest BCUT2D eigenvalue weighted by Crippen LogP contribution is 2.29. The molecule has 1 amide bonds. The van der Waals surface area contributed by atoms with Gasteiger partial charge in [-0.3, -0.25) is 4.79 Å². The van der Waals surface area contributed by atoms with E-state index in [2.05, 4.69) is 20.6 Å². The molecule has 0 aliphatic heterocycles. The van der Waals surface area contributed by atoms with E-state index in [1.807, 2.05) is 31.2 Å².